The third-order valence-electron chi connectivity index (χ3n) is 2.16. The summed E-state index contributed by atoms with van der Waals surface area (Å²) in [6, 6.07) is 4.45. The van der Waals surface area contributed by atoms with Gasteiger partial charge >= 0.3 is 0 Å². The van der Waals surface area contributed by atoms with Crippen molar-refractivity contribution < 1.29 is 4.42 Å². The number of nitrogens with one attached hydrogen (secondary N) is 1. The predicted molar refractivity (Wildman–Crippen MR) is 54.8 cm³/mol. The molecule has 0 aliphatic heterocycles. The lowest BCUT2D eigenvalue weighted by molar-refractivity contribution is 0.409. The summed E-state index contributed by atoms with van der Waals surface area (Å²) in [5, 5.41) is 3.39. The maximum absolute atomic E-state index is 5.63. The van der Waals surface area contributed by atoms with Gasteiger partial charge in [-0.1, -0.05) is 13.8 Å². The van der Waals surface area contributed by atoms with Crippen LogP contribution in [0.1, 0.15) is 44.8 Å². The van der Waals surface area contributed by atoms with Crippen molar-refractivity contribution >= 4 is 0 Å². The summed E-state index contributed by atoms with van der Waals surface area (Å²) in [6.07, 6.45) is 2.13. The summed E-state index contributed by atoms with van der Waals surface area (Å²) in [5.74, 6) is 2.12. The Morgan fingerprint density at radius 3 is 2.69 bits per heavy atom. The monoisotopic (exact) mass is 181 g/mol. The number of hydrogen-bond donors (Lipinski definition) is 1. The van der Waals surface area contributed by atoms with E-state index in [1.54, 1.807) is 0 Å². The van der Waals surface area contributed by atoms with Crippen molar-refractivity contribution in [1.29, 1.82) is 0 Å². The van der Waals surface area contributed by atoms with Gasteiger partial charge in [0.05, 0.1) is 6.04 Å². The van der Waals surface area contributed by atoms with E-state index in [0.717, 1.165) is 30.9 Å². The topological polar surface area (TPSA) is 25.2 Å². The zero-order chi connectivity index (χ0) is 9.68. The van der Waals surface area contributed by atoms with E-state index in [1.807, 2.05) is 0 Å². The minimum Gasteiger partial charge on any atom is -0.464 e. The van der Waals surface area contributed by atoms with Crippen LogP contribution in [0.5, 0.6) is 0 Å². The van der Waals surface area contributed by atoms with Gasteiger partial charge in [0.15, 0.2) is 0 Å². The highest BCUT2D eigenvalue weighted by atomic mass is 16.3. The highest BCUT2D eigenvalue weighted by molar-refractivity contribution is 5.09. The van der Waals surface area contributed by atoms with Crippen molar-refractivity contribution in [2.24, 2.45) is 0 Å². The van der Waals surface area contributed by atoms with Crippen LogP contribution in [0, 0.1) is 0 Å². The third kappa shape index (κ3) is 2.88. The molecule has 1 N–H and O–H groups in total. The molecule has 1 rings (SSSR count). The first-order chi connectivity index (χ1) is 6.27. The molecule has 2 heteroatoms. The number of aryl methyl sites for hydroxylation is 1. The van der Waals surface area contributed by atoms with Crippen LogP contribution >= 0.6 is 0 Å². The fourth-order valence-electron chi connectivity index (χ4n) is 1.28. The van der Waals surface area contributed by atoms with Crippen molar-refractivity contribution in [1.82, 2.24) is 5.32 Å². The number of furan rings is 1. The van der Waals surface area contributed by atoms with E-state index in [4.69, 9.17) is 4.42 Å². The molecule has 0 spiro atoms. The first kappa shape index (κ1) is 10.3. The van der Waals surface area contributed by atoms with Gasteiger partial charge in [0.2, 0.25) is 0 Å². The smallest absolute Gasteiger partial charge is 0.120 e. The van der Waals surface area contributed by atoms with Gasteiger partial charge in [-0.15, -0.1) is 0 Å². The lowest BCUT2D eigenvalue weighted by atomic mass is 10.2. The third-order valence-corrected chi connectivity index (χ3v) is 2.16. The highest BCUT2D eigenvalue weighted by Gasteiger charge is 2.07. The molecule has 0 radical (unpaired) electrons. The second kappa shape index (κ2) is 5.07. The van der Waals surface area contributed by atoms with Crippen molar-refractivity contribution in [2.45, 2.75) is 39.7 Å². The number of hydrogen-bond acceptors (Lipinski definition) is 2. The SMILES string of the molecule is CCCNC(C)c1ccc(CC)o1. The quantitative estimate of drug-likeness (QED) is 0.755. The summed E-state index contributed by atoms with van der Waals surface area (Å²) in [5.41, 5.74) is 0. The highest BCUT2D eigenvalue weighted by Crippen LogP contribution is 2.16. The molecule has 74 valence electrons. The molecule has 1 heterocycles. The molecule has 13 heavy (non-hydrogen) atoms. The summed E-state index contributed by atoms with van der Waals surface area (Å²) in [6.45, 7) is 7.45. The molecule has 1 aromatic heterocycles. The zero-order valence-electron chi connectivity index (χ0n) is 8.76. The molecule has 0 aromatic carbocycles. The van der Waals surface area contributed by atoms with Crippen LogP contribution in [0.4, 0.5) is 0 Å². The molecular weight excluding hydrogens is 162 g/mol. The minimum atomic E-state index is 0.334. The van der Waals surface area contributed by atoms with Crippen LogP contribution in [0.3, 0.4) is 0 Å². The second-order valence-electron chi connectivity index (χ2n) is 3.33. The molecule has 1 aromatic rings. The maximum atomic E-state index is 5.63. The minimum absolute atomic E-state index is 0.334. The van der Waals surface area contributed by atoms with Crippen molar-refractivity contribution in [3.05, 3.63) is 23.7 Å². The largest absolute Gasteiger partial charge is 0.464 e. The summed E-state index contributed by atoms with van der Waals surface area (Å²) >= 11 is 0. The van der Waals surface area contributed by atoms with Gasteiger partial charge in [0.25, 0.3) is 0 Å². The van der Waals surface area contributed by atoms with Gasteiger partial charge in [-0.05, 0) is 32.0 Å². The molecule has 0 aliphatic rings. The van der Waals surface area contributed by atoms with E-state index in [2.05, 4.69) is 38.2 Å². The Morgan fingerprint density at radius 2 is 2.15 bits per heavy atom. The Hall–Kier alpha value is -0.760. The van der Waals surface area contributed by atoms with Gasteiger partial charge in [0, 0.05) is 6.42 Å². The van der Waals surface area contributed by atoms with Gasteiger partial charge in [-0.25, -0.2) is 0 Å². The molecule has 0 fully saturated rings. The Balaban J connectivity index is 2.50. The molecule has 0 saturated carbocycles. The van der Waals surface area contributed by atoms with Crippen LogP contribution in [-0.2, 0) is 6.42 Å². The first-order valence-electron chi connectivity index (χ1n) is 5.09. The molecule has 0 saturated heterocycles. The molecule has 0 amide bonds. The van der Waals surface area contributed by atoms with E-state index in [1.165, 1.54) is 0 Å². The molecular formula is C11H19NO. The van der Waals surface area contributed by atoms with Crippen molar-refractivity contribution in [2.75, 3.05) is 6.54 Å². The van der Waals surface area contributed by atoms with Gasteiger partial charge in [-0.2, -0.15) is 0 Å². The summed E-state index contributed by atoms with van der Waals surface area (Å²) in [7, 11) is 0. The predicted octanol–water partition coefficient (Wildman–Crippen LogP) is 2.90. The fraction of sp³-hybridized carbons (Fsp3) is 0.636. The molecule has 0 bridgehead atoms. The Labute approximate surface area is 80.3 Å². The average molecular weight is 181 g/mol. The average Bonchev–Trinajstić information content (AvgIpc) is 2.62. The Bertz CT molecular complexity index is 242. The Kier molecular flexibility index (Phi) is 4.03. The van der Waals surface area contributed by atoms with E-state index in [9.17, 15) is 0 Å². The molecule has 0 aliphatic carbocycles. The van der Waals surface area contributed by atoms with Crippen molar-refractivity contribution in [3.63, 3.8) is 0 Å². The van der Waals surface area contributed by atoms with Gasteiger partial charge < -0.3 is 9.73 Å². The lowest BCUT2D eigenvalue weighted by Crippen LogP contribution is -2.18. The number of rotatable bonds is 5. The van der Waals surface area contributed by atoms with Crippen LogP contribution in [0.25, 0.3) is 0 Å². The second-order valence-corrected chi connectivity index (χ2v) is 3.33. The van der Waals surface area contributed by atoms with E-state index in [-0.39, 0.29) is 0 Å². The summed E-state index contributed by atoms with van der Waals surface area (Å²) in [4.78, 5) is 0. The maximum Gasteiger partial charge on any atom is 0.120 e. The van der Waals surface area contributed by atoms with Gasteiger partial charge in [0.1, 0.15) is 11.5 Å². The zero-order valence-corrected chi connectivity index (χ0v) is 8.76. The van der Waals surface area contributed by atoms with Gasteiger partial charge in [-0.3, -0.25) is 0 Å². The van der Waals surface area contributed by atoms with Crippen LogP contribution in [0.15, 0.2) is 16.5 Å². The van der Waals surface area contributed by atoms with Crippen LogP contribution in [0.2, 0.25) is 0 Å². The van der Waals surface area contributed by atoms with E-state index >= 15 is 0 Å². The standard InChI is InChI=1S/C11H19NO/c1-4-8-12-9(3)11-7-6-10(5-2)13-11/h6-7,9,12H,4-5,8H2,1-3H3. The van der Waals surface area contributed by atoms with E-state index in [0.29, 0.717) is 6.04 Å². The molecule has 1 unspecified atom stereocenters. The van der Waals surface area contributed by atoms with Crippen LogP contribution < -0.4 is 5.32 Å². The lowest BCUT2D eigenvalue weighted by Gasteiger charge is -2.09. The van der Waals surface area contributed by atoms with E-state index < -0.39 is 0 Å². The summed E-state index contributed by atoms with van der Waals surface area (Å²) < 4.78 is 5.63. The molecule has 1 atom stereocenters. The molecule has 2 nitrogen and oxygen atoms in total. The first-order valence-corrected chi connectivity index (χ1v) is 5.09. The normalized spacial score (nSPS) is 13.2. The van der Waals surface area contributed by atoms with Crippen molar-refractivity contribution in [3.8, 4) is 0 Å². The Morgan fingerprint density at radius 1 is 1.38 bits per heavy atom. The van der Waals surface area contributed by atoms with Crippen LogP contribution in [-0.4, -0.2) is 6.54 Å². The fourth-order valence-corrected chi connectivity index (χ4v) is 1.28.